The lowest BCUT2D eigenvalue weighted by Gasteiger charge is -2.07. The molecule has 0 unspecified atom stereocenters. The first-order chi connectivity index (χ1) is 10.6. The summed E-state index contributed by atoms with van der Waals surface area (Å²) in [6, 6.07) is 16.2. The third-order valence-electron chi connectivity index (χ3n) is 3.85. The second kappa shape index (κ2) is 6.06. The molecule has 3 rings (SSSR count). The van der Waals surface area contributed by atoms with Gasteiger partial charge >= 0.3 is 0 Å². The summed E-state index contributed by atoms with van der Waals surface area (Å²) in [6.07, 6.45) is 0.386. The maximum absolute atomic E-state index is 12.2. The van der Waals surface area contributed by atoms with E-state index in [0.717, 1.165) is 33.4 Å². The van der Waals surface area contributed by atoms with Gasteiger partial charge in [0.15, 0.2) is 0 Å². The number of carbonyl (C=O) groups excluding carboxylic acids is 1. The van der Waals surface area contributed by atoms with Gasteiger partial charge < -0.3 is 9.73 Å². The van der Waals surface area contributed by atoms with Crippen LogP contribution in [0.1, 0.15) is 22.6 Å². The quantitative estimate of drug-likeness (QED) is 0.792. The van der Waals surface area contributed by atoms with Crippen molar-refractivity contribution in [2.45, 2.75) is 26.8 Å². The Morgan fingerprint density at radius 3 is 2.59 bits per heavy atom. The van der Waals surface area contributed by atoms with Crippen LogP contribution in [0.15, 0.2) is 52.9 Å². The molecule has 0 spiro atoms. The lowest BCUT2D eigenvalue weighted by atomic mass is 10.0. The van der Waals surface area contributed by atoms with Gasteiger partial charge in [-0.25, -0.2) is 0 Å². The van der Waals surface area contributed by atoms with E-state index in [1.54, 1.807) is 0 Å². The van der Waals surface area contributed by atoms with Crippen molar-refractivity contribution in [2.24, 2.45) is 0 Å². The Balaban J connectivity index is 1.70. The van der Waals surface area contributed by atoms with E-state index >= 15 is 0 Å². The van der Waals surface area contributed by atoms with E-state index in [9.17, 15) is 4.79 Å². The van der Waals surface area contributed by atoms with Crippen LogP contribution in [0.3, 0.4) is 0 Å². The number of fused-ring (bicyclic) bond motifs is 1. The Bertz CT molecular complexity index is 812. The second-order valence-corrected chi connectivity index (χ2v) is 5.53. The van der Waals surface area contributed by atoms with Crippen molar-refractivity contribution in [2.75, 3.05) is 0 Å². The van der Waals surface area contributed by atoms with E-state index in [0.29, 0.717) is 13.0 Å². The second-order valence-electron chi connectivity index (χ2n) is 5.53. The van der Waals surface area contributed by atoms with Crippen LogP contribution in [0.2, 0.25) is 0 Å². The van der Waals surface area contributed by atoms with Gasteiger partial charge in [0.1, 0.15) is 11.5 Å². The normalized spacial score (nSPS) is 10.8. The Hall–Kier alpha value is -2.55. The standard InChI is InChI=1S/C19H19NO2/c1-13-10-17(14(2)22-13)12-20-19(21)11-16-8-5-7-15-6-3-4-9-18(15)16/h3-10H,11-12H2,1-2H3,(H,20,21). The van der Waals surface area contributed by atoms with Crippen LogP contribution in [0.4, 0.5) is 0 Å². The molecule has 2 aromatic carbocycles. The third-order valence-corrected chi connectivity index (χ3v) is 3.85. The molecular formula is C19H19NO2. The number of hydrogen-bond donors (Lipinski definition) is 1. The van der Waals surface area contributed by atoms with E-state index in [2.05, 4.69) is 23.5 Å². The largest absolute Gasteiger partial charge is 0.466 e. The van der Waals surface area contributed by atoms with Crippen molar-refractivity contribution < 1.29 is 9.21 Å². The van der Waals surface area contributed by atoms with Gasteiger partial charge in [-0.2, -0.15) is 0 Å². The van der Waals surface area contributed by atoms with Crippen molar-refractivity contribution in [3.63, 3.8) is 0 Å². The zero-order chi connectivity index (χ0) is 15.5. The third kappa shape index (κ3) is 3.03. The maximum Gasteiger partial charge on any atom is 0.224 e. The summed E-state index contributed by atoms with van der Waals surface area (Å²) >= 11 is 0. The summed E-state index contributed by atoms with van der Waals surface area (Å²) < 4.78 is 5.47. The van der Waals surface area contributed by atoms with Crippen LogP contribution >= 0.6 is 0 Å². The number of nitrogens with one attached hydrogen (secondary N) is 1. The van der Waals surface area contributed by atoms with Crippen LogP contribution < -0.4 is 5.32 Å². The van der Waals surface area contributed by atoms with Gasteiger partial charge in [-0.05, 0) is 36.2 Å². The fourth-order valence-corrected chi connectivity index (χ4v) is 2.73. The molecule has 0 fully saturated rings. The molecule has 112 valence electrons. The predicted octanol–water partition coefficient (Wildman–Crippen LogP) is 3.91. The first-order valence-corrected chi connectivity index (χ1v) is 7.43. The molecule has 0 bridgehead atoms. The van der Waals surface area contributed by atoms with Crippen LogP contribution in [0.25, 0.3) is 10.8 Å². The molecule has 3 heteroatoms. The lowest BCUT2D eigenvalue weighted by Crippen LogP contribution is -2.24. The zero-order valence-electron chi connectivity index (χ0n) is 12.8. The minimum absolute atomic E-state index is 0.0228. The first kappa shape index (κ1) is 14.4. The summed E-state index contributed by atoms with van der Waals surface area (Å²) in [7, 11) is 0. The van der Waals surface area contributed by atoms with E-state index in [1.165, 1.54) is 0 Å². The molecule has 1 aromatic heterocycles. The molecule has 1 amide bonds. The lowest BCUT2D eigenvalue weighted by molar-refractivity contribution is -0.120. The zero-order valence-corrected chi connectivity index (χ0v) is 12.8. The van der Waals surface area contributed by atoms with Gasteiger partial charge in [-0.1, -0.05) is 42.5 Å². The first-order valence-electron chi connectivity index (χ1n) is 7.43. The number of aryl methyl sites for hydroxylation is 2. The molecule has 1 heterocycles. The average molecular weight is 293 g/mol. The summed E-state index contributed by atoms with van der Waals surface area (Å²) in [5, 5.41) is 5.26. The molecule has 3 aromatic rings. The van der Waals surface area contributed by atoms with Gasteiger partial charge in [0.2, 0.25) is 5.91 Å². The van der Waals surface area contributed by atoms with Gasteiger partial charge in [-0.3, -0.25) is 4.79 Å². The Kier molecular flexibility index (Phi) is 3.96. The number of rotatable bonds is 4. The highest BCUT2D eigenvalue weighted by molar-refractivity contribution is 5.90. The van der Waals surface area contributed by atoms with Crippen LogP contribution in [-0.2, 0) is 17.8 Å². The summed E-state index contributed by atoms with van der Waals surface area (Å²) in [6.45, 7) is 4.33. The van der Waals surface area contributed by atoms with E-state index < -0.39 is 0 Å². The molecule has 22 heavy (non-hydrogen) atoms. The molecule has 0 radical (unpaired) electrons. The van der Waals surface area contributed by atoms with Crippen molar-refractivity contribution in [3.8, 4) is 0 Å². The molecule has 0 saturated carbocycles. The SMILES string of the molecule is Cc1cc(CNC(=O)Cc2cccc3ccccc23)c(C)o1. The highest BCUT2D eigenvalue weighted by Gasteiger charge is 2.09. The smallest absolute Gasteiger partial charge is 0.224 e. The summed E-state index contributed by atoms with van der Waals surface area (Å²) in [5.41, 5.74) is 2.08. The minimum atomic E-state index is 0.0228. The fraction of sp³-hybridized carbons (Fsp3) is 0.211. The Morgan fingerprint density at radius 2 is 1.82 bits per heavy atom. The minimum Gasteiger partial charge on any atom is -0.466 e. The maximum atomic E-state index is 12.2. The van der Waals surface area contributed by atoms with Gasteiger partial charge in [0, 0.05) is 12.1 Å². The average Bonchev–Trinajstić information content (AvgIpc) is 2.83. The monoisotopic (exact) mass is 293 g/mol. The van der Waals surface area contributed by atoms with Crippen molar-refractivity contribution in [3.05, 3.63) is 71.2 Å². The van der Waals surface area contributed by atoms with Crippen molar-refractivity contribution in [1.29, 1.82) is 0 Å². The highest BCUT2D eigenvalue weighted by atomic mass is 16.3. The van der Waals surface area contributed by atoms with Gasteiger partial charge in [-0.15, -0.1) is 0 Å². The molecule has 0 saturated heterocycles. The number of benzene rings is 2. The molecule has 0 aliphatic heterocycles. The summed E-state index contributed by atoms with van der Waals surface area (Å²) in [5.74, 6) is 1.76. The number of hydrogen-bond acceptors (Lipinski definition) is 2. The topological polar surface area (TPSA) is 42.2 Å². The molecule has 0 aliphatic rings. The van der Waals surface area contributed by atoms with Crippen LogP contribution in [0.5, 0.6) is 0 Å². The fourth-order valence-electron chi connectivity index (χ4n) is 2.73. The van der Waals surface area contributed by atoms with Crippen molar-refractivity contribution in [1.82, 2.24) is 5.32 Å². The van der Waals surface area contributed by atoms with Crippen LogP contribution in [-0.4, -0.2) is 5.91 Å². The van der Waals surface area contributed by atoms with E-state index in [1.807, 2.05) is 44.2 Å². The Morgan fingerprint density at radius 1 is 1.05 bits per heavy atom. The molecule has 3 nitrogen and oxygen atoms in total. The number of amides is 1. The molecule has 1 N–H and O–H groups in total. The van der Waals surface area contributed by atoms with Gasteiger partial charge in [0.25, 0.3) is 0 Å². The number of furan rings is 1. The number of carbonyl (C=O) groups is 1. The van der Waals surface area contributed by atoms with E-state index in [4.69, 9.17) is 4.42 Å². The summed E-state index contributed by atoms with van der Waals surface area (Å²) in [4.78, 5) is 12.2. The Labute approximate surface area is 130 Å². The van der Waals surface area contributed by atoms with Gasteiger partial charge in [0.05, 0.1) is 6.42 Å². The molecule has 0 aliphatic carbocycles. The van der Waals surface area contributed by atoms with E-state index in [-0.39, 0.29) is 5.91 Å². The van der Waals surface area contributed by atoms with Crippen LogP contribution in [0, 0.1) is 13.8 Å². The highest BCUT2D eigenvalue weighted by Crippen LogP contribution is 2.19. The van der Waals surface area contributed by atoms with Crippen molar-refractivity contribution >= 4 is 16.7 Å². The molecule has 0 atom stereocenters. The molecular weight excluding hydrogens is 274 g/mol. The predicted molar refractivity (Wildman–Crippen MR) is 87.7 cm³/mol.